The lowest BCUT2D eigenvalue weighted by Gasteiger charge is -2.19. The topological polar surface area (TPSA) is 20.3 Å². The second kappa shape index (κ2) is 4.11. The second-order valence-corrected chi connectivity index (χ2v) is 3.80. The first-order chi connectivity index (χ1) is 5.24. The van der Waals surface area contributed by atoms with Gasteiger partial charge in [0.2, 0.25) is 5.91 Å². The highest BCUT2D eigenvalue weighted by Crippen LogP contribution is 2.16. The molecule has 2 nitrogen and oxygen atoms in total. The molecule has 0 heterocycles. The summed E-state index contributed by atoms with van der Waals surface area (Å²) in [6, 6.07) is 0. The Kier molecular flexibility index (Phi) is 4.02. The number of alkyl halides is 4. The Morgan fingerprint density at radius 3 is 2.25 bits per heavy atom. The molecule has 0 radical (unpaired) electrons. The van der Waals surface area contributed by atoms with Gasteiger partial charge in [0.25, 0.3) is 0 Å². The third kappa shape index (κ3) is 4.58. The van der Waals surface area contributed by atoms with Crippen LogP contribution in [0.1, 0.15) is 6.92 Å². The lowest BCUT2D eigenvalue weighted by molar-refractivity contribution is -0.157. The molecule has 1 atom stereocenters. The van der Waals surface area contributed by atoms with E-state index in [0.29, 0.717) is 4.90 Å². The van der Waals surface area contributed by atoms with Gasteiger partial charge in [-0.2, -0.15) is 13.2 Å². The second-order valence-electron chi connectivity index (χ2n) is 2.43. The highest BCUT2D eigenvalue weighted by atomic mass is 79.9. The minimum Gasteiger partial charge on any atom is -0.336 e. The summed E-state index contributed by atoms with van der Waals surface area (Å²) in [5, 5.41) is 0. The van der Waals surface area contributed by atoms with Gasteiger partial charge in [0.15, 0.2) is 0 Å². The van der Waals surface area contributed by atoms with E-state index in [1.54, 1.807) is 0 Å². The van der Waals surface area contributed by atoms with E-state index < -0.39 is 23.5 Å². The number of rotatable bonds is 2. The van der Waals surface area contributed by atoms with E-state index in [-0.39, 0.29) is 0 Å². The van der Waals surface area contributed by atoms with E-state index in [4.69, 9.17) is 0 Å². The monoisotopic (exact) mass is 247 g/mol. The zero-order chi connectivity index (χ0) is 9.94. The van der Waals surface area contributed by atoms with Crippen molar-refractivity contribution in [2.45, 2.75) is 17.9 Å². The molecule has 0 aliphatic carbocycles. The Morgan fingerprint density at radius 1 is 1.58 bits per heavy atom. The first kappa shape index (κ1) is 11.7. The molecule has 0 saturated heterocycles. The maximum Gasteiger partial charge on any atom is 0.406 e. The van der Waals surface area contributed by atoms with Crippen LogP contribution in [0.4, 0.5) is 13.2 Å². The highest BCUT2D eigenvalue weighted by molar-refractivity contribution is 9.10. The van der Waals surface area contributed by atoms with Crippen LogP contribution >= 0.6 is 15.9 Å². The summed E-state index contributed by atoms with van der Waals surface area (Å²) in [7, 11) is 1.12. The number of carbonyl (C=O) groups excluding carboxylic acids is 1. The number of hydrogen-bond donors (Lipinski definition) is 0. The van der Waals surface area contributed by atoms with Crippen molar-refractivity contribution >= 4 is 21.8 Å². The van der Waals surface area contributed by atoms with Gasteiger partial charge < -0.3 is 4.90 Å². The Morgan fingerprint density at radius 2 is 2.00 bits per heavy atom. The van der Waals surface area contributed by atoms with Gasteiger partial charge in [0.05, 0.1) is 4.83 Å². The fourth-order valence-corrected chi connectivity index (χ4v) is 1.00. The summed E-state index contributed by atoms with van der Waals surface area (Å²) in [5.41, 5.74) is 0. The normalized spacial score (nSPS) is 14.2. The Balaban J connectivity index is 4.05. The van der Waals surface area contributed by atoms with Gasteiger partial charge in [-0.15, -0.1) is 0 Å². The molecule has 0 aliphatic rings. The summed E-state index contributed by atoms with van der Waals surface area (Å²) in [5.74, 6) is -0.577. The predicted molar refractivity (Wildman–Crippen MR) is 42.1 cm³/mol. The molecule has 1 amide bonds. The number of carbonyl (C=O) groups is 1. The van der Waals surface area contributed by atoms with E-state index in [0.717, 1.165) is 7.05 Å². The van der Waals surface area contributed by atoms with Crippen LogP contribution in [-0.4, -0.2) is 35.4 Å². The fourth-order valence-electron chi connectivity index (χ4n) is 0.651. The predicted octanol–water partition coefficient (Wildman–Crippen LogP) is 1.79. The number of amides is 1. The molecule has 0 aromatic carbocycles. The molecule has 0 aromatic rings. The molecule has 1 unspecified atom stereocenters. The van der Waals surface area contributed by atoms with Crippen molar-refractivity contribution in [3.63, 3.8) is 0 Å². The first-order valence-electron chi connectivity index (χ1n) is 3.20. The Bertz CT molecular complexity index is 169. The SMILES string of the molecule is CC(Br)C(=O)N(C)CC(F)(F)F. The Labute approximate surface area is 76.8 Å². The molecule has 0 N–H and O–H groups in total. The lowest BCUT2D eigenvalue weighted by atomic mass is 10.4. The van der Waals surface area contributed by atoms with Crippen molar-refractivity contribution in [3.05, 3.63) is 0 Å². The van der Waals surface area contributed by atoms with Crippen LogP contribution < -0.4 is 0 Å². The summed E-state index contributed by atoms with van der Waals surface area (Å²) >= 11 is 2.89. The highest BCUT2D eigenvalue weighted by Gasteiger charge is 2.31. The molecular weight excluding hydrogens is 239 g/mol. The van der Waals surface area contributed by atoms with Crippen LogP contribution in [0.5, 0.6) is 0 Å². The van der Waals surface area contributed by atoms with Crippen molar-refractivity contribution in [2.24, 2.45) is 0 Å². The van der Waals surface area contributed by atoms with Crippen LogP contribution in [0.15, 0.2) is 0 Å². The number of hydrogen-bond acceptors (Lipinski definition) is 1. The largest absolute Gasteiger partial charge is 0.406 e. The quantitative estimate of drug-likeness (QED) is 0.682. The molecule has 0 aliphatic heterocycles. The van der Waals surface area contributed by atoms with Gasteiger partial charge in [-0.1, -0.05) is 15.9 Å². The van der Waals surface area contributed by atoms with Gasteiger partial charge in [0, 0.05) is 7.05 Å². The summed E-state index contributed by atoms with van der Waals surface area (Å²) < 4.78 is 35.2. The third-order valence-electron chi connectivity index (χ3n) is 1.13. The van der Waals surface area contributed by atoms with E-state index >= 15 is 0 Å². The van der Waals surface area contributed by atoms with Gasteiger partial charge in [-0.3, -0.25) is 4.79 Å². The van der Waals surface area contributed by atoms with Crippen LogP contribution in [0.3, 0.4) is 0 Å². The molecule has 0 saturated carbocycles. The van der Waals surface area contributed by atoms with Gasteiger partial charge in [0.1, 0.15) is 6.54 Å². The van der Waals surface area contributed by atoms with E-state index in [2.05, 4.69) is 15.9 Å². The third-order valence-corrected chi connectivity index (χ3v) is 1.52. The minimum absolute atomic E-state index is 0.577. The zero-order valence-corrected chi connectivity index (χ0v) is 8.24. The first-order valence-corrected chi connectivity index (χ1v) is 4.11. The maximum absolute atomic E-state index is 11.7. The van der Waals surface area contributed by atoms with Crippen molar-refractivity contribution in [1.29, 1.82) is 0 Å². The molecule has 0 fully saturated rings. The summed E-state index contributed by atoms with van der Waals surface area (Å²) in [6.45, 7) is 0.275. The van der Waals surface area contributed by atoms with Crippen molar-refractivity contribution in [2.75, 3.05) is 13.6 Å². The summed E-state index contributed by atoms with van der Waals surface area (Å²) in [4.78, 5) is 11.0. The molecule has 0 bridgehead atoms. The maximum atomic E-state index is 11.7. The zero-order valence-electron chi connectivity index (χ0n) is 6.65. The molecular formula is C6H9BrF3NO. The van der Waals surface area contributed by atoms with Crippen molar-refractivity contribution in [1.82, 2.24) is 4.90 Å². The van der Waals surface area contributed by atoms with Crippen LogP contribution in [-0.2, 0) is 4.79 Å². The standard InChI is InChI=1S/C6H9BrF3NO/c1-4(7)5(12)11(2)3-6(8,9)10/h4H,3H2,1-2H3. The minimum atomic E-state index is -4.33. The number of nitrogens with zero attached hydrogens (tertiary/aromatic N) is 1. The molecule has 12 heavy (non-hydrogen) atoms. The van der Waals surface area contributed by atoms with Crippen LogP contribution in [0.25, 0.3) is 0 Å². The van der Waals surface area contributed by atoms with E-state index in [1.165, 1.54) is 6.92 Å². The average Bonchev–Trinajstić information content (AvgIpc) is 1.82. The van der Waals surface area contributed by atoms with Gasteiger partial charge >= 0.3 is 6.18 Å². The van der Waals surface area contributed by atoms with Crippen molar-refractivity contribution < 1.29 is 18.0 Å². The fraction of sp³-hybridized carbons (Fsp3) is 0.833. The van der Waals surface area contributed by atoms with E-state index in [1.807, 2.05) is 0 Å². The smallest absolute Gasteiger partial charge is 0.336 e. The average molecular weight is 248 g/mol. The van der Waals surface area contributed by atoms with Crippen molar-refractivity contribution in [3.8, 4) is 0 Å². The molecule has 0 spiro atoms. The summed E-state index contributed by atoms with van der Waals surface area (Å²) in [6.07, 6.45) is -4.33. The molecule has 0 rings (SSSR count). The molecule has 6 heteroatoms. The van der Waals surface area contributed by atoms with Crippen LogP contribution in [0, 0.1) is 0 Å². The van der Waals surface area contributed by atoms with Gasteiger partial charge in [-0.05, 0) is 6.92 Å². The van der Waals surface area contributed by atoms with E-state index in [9.17, 15) is 18.0 Å². The lowest BCUT2D eigenvalue weighted by Crippen LogP contribution is -2.38. The van der Waals surface area contributed by atoms with Gasteiger partial charge in [-0.25, -0.2) is 0 Å². The molecule has 0 aromatic heterocycles. The Hall–Kier alpha value is -0.260. The number of halogens is 4. The van der Waals surface area contributed by atoms with Crippen LogP contribution in [0.2, 0.25) is 0 Å². The molecule has 72 valence electrons.